The lowest BCUT2D eigenvalue weighted by atomic mass is 9.90. The number of aryl methyl sites for hydroxylation is 1. The molecule has 1 atom stereocenters. The molecule has 20 heavy (non-hydrogen) atoms. The SMILES string of the molecule is CC12CCCC(=O)N1c1sc3c(c1C(=O)N2)CCCC3. The fraction of sp³-hybridized carbons (Fsp3) is 0.600. The van der Waals surface area contributed by atoms with Crippen molar-refractivity contribution in [1.29, 1.82) is 0 Å². The van der Waals surface area contributed by atoms with Crippen LogP contribution in [0.5, 0.6) is 0 Å². The number of amides is 2. The molecule has 0 bridgehead atoms. The quantitative estimate of drug-likeness (QED) is 0.798. The lowest BCUT2D eigenvalue weighted by Crippen LogP contribution is -2.65. The third-order valence-corrected chi connectivity index (χ3v) is 6.04. The zero-order valence-electron chi connectivity index (χ0n) is 11.6. The number of thiophene rings is 1. The number of hydrogen-bond donors (Lipinski definition) is 1. The number of piperidine rings is 1. The number of carbonyl (C=O) groups excluding carboxylic acids is 2. The van der Waals surface area contributed by atoms with E-state index in [1.54, 1.807) is 11.3 Å². The first-order valence-corrected chi connectivity index (χ1v) is 8.22. The summed E-state index contributed by atoms with van der Waals surface area (Å²) in [6.07, 6.45) is 6.66. The minimum Gasteiger partial charge on any atom is -0.329 e. The van der Waals surface area contributed by atoms with Gasteiger partial charge in [0.1, 0.15) is 10.7 Å². The number of anilines is 1. The van der Waals surface area contributed by atoms with Crippen molar-refractivity contribution in [3.05, 3.63) is 16.0 Å². The smallest absolute Gasteiger partial charge is 0.256 e. The fourth-order valence-electron chi connectivity index (χ4n) is 3.79. The second kappa shape index (κ2) is 4.07. The van der Waals surface area contributed by atoms with E-state index in [-0.39, 0.29) is 11.8 Å². The van der Waals surface area contributed by atoms with Gasteiger partial charge in [-0.1, -0.05) is 0 Å². The summed E-state index contributed by atoms with van der Waals surface area (Å²) in [6, 6.07) is 0. The molecule has 1 aliphatic carbocycles. The van der Waals surface area contributed by atoms with Gasteiger partial charge in [0.2, 0.25) is 5.91 Å². The van der Waals surface area contributed by atoms with Crippen molar-refractivity contribution < 1.29 is 9.59 Å². The normalized spacial score (nSPS) is 28.6. The summed E-state index contributed by atoms with van der Waals surface area (Å²) in [5.74, 6) is 0.173. The van der Waals surface area contributed by atoms with E-state index in [1.807, 2.05) is 11.8 Å². The van der Waals surface area contributed by atoms with Crippen molar-refractivity contribution >= 4 is 28.2 Å². The lowest BCUT2D eigenvalue weighted by molar-refractivity contribution is -0.121. The van der Waals surface area contributed by atoms with E-state index in [9.17, 15) is 9.59 Å². The predicted molar refractivity (Wildman–Crippen MR) is 78.2 cm³/mol. The molecule has 5 heteroatoms. The average Bonchev–Trinajstić information content (AvgIpc) is 2.76. The van der Waals surface area contributed by atoms with E-state index in [2.05, 4.69) is 5.32 Å². The standard InChI is InChI=1S/C15H18N2O2S/c1-15-8-4-7-11(18)17(15)14-12(13(19)16-15)9-5-2-3-6-10(9)20-14/h2-8H2,1H3,(H,16,19). The van der Waals surface area contributed by atoms with Crippen LogP contribution >= 0.6 is 11.3 Å². The molecular weight excluding hydrogens is 272 g/mol. The van der Waals surface area contributed by atoms with Gasteiger partial charge in [0.05, 0.1) is 5.56 Å². The van der Waals surface area contributed by atoms with Crippen LogP contribution in [0.15, 0.2) is 0 Å². The molecule has 1 N–H and O–H groups in total. The Hall–Kier alpha value is -1.36. The second-order valence-corrected chi connectivity index (χ2v) is 7.29. The van der Waals surface area contributed by atoms with Crippen LogP contribution in [0.1, 0.15) is 59.8 Å². The molecule has 3 heterocycles. The van der Waals surface area contributed by atoms with Crippen LogP contribution in [0.4, 0.5) is 5.00 Å². The summed E-state index contributed by atoms with van der Waals surface area (Å²) in [7, 11) is 0. The van der Waals surface area contributed by atoms with Crippen molar-refractivity contribution in [2.45, 2.75) is 57.5 Å². The maximum absolute atomic E-state index is 12.5. The highest BCUT2D eigenvalue weighted by Gasteiger charge is 2.48. The third kappa shape index (κ3) is 1.53. The molecular formula is C15H18N2O2S. The highest BCUT2D eigenvalue weighted by atomic mass is 32.1. The largest absolute Gasteiger partial charge is 0.329 e. The Kier molecular flexibility index (Phi) is 2.52. The van der Waals surface area contributed by atoms with E-state index in [4.69, 9.17) is 0 Å². The summed E-state index contributed by atoms with van der Waals surface area (Å²) in [4.78, 5) is 28.1. The van der Waals surface area contributed by atoms with Gasteiger partial charge in [0.15, 0.2) is 0 Å². The Bertz CT molecular complexity index is 622. The van der Waals surface area contributed by atoms with Crippen molar-refractivity contribution in [2.24, 2.45) is 0 Å². The van der Waals surface area contributed by atoms with Gasteiger partial charge in [0.25, 0.3) is 5.91 Å². The lowest BCUT2D eigenvalue weighted by Gasteiger charge is -2.47. The Morgan fingerprint density at radius 1 is 1.15 bits per heavy atom. The van der Waals surface area contributed by atoms with Crippen LogP contribution in [0, 0.1) is 0 Å². The van der Waals surface area contributed by atoms with E-state index >= 15 is 0 Å². The number of hydrogen-bond acceptors (Lipinski definition) is 3. The third-order valence-electron chi connectivity index (χ3n) is 4.76. The first kappa shape index (κ1) is 12.4. The number of nitrogens with zero attached hydrogens (tertiary/aromatic N) is 1. The maximum atomic E-state index is 12.5. The zero-order chi connectivity index (χ0) is 13.9. The van der Waals surface area contributed by atoms with E-state index < -0.39 is 5.66 Å². The topological polar surface area (TPSA) is 49.4 Å². The molecule has 4 nitrogen and oxygen atoms in total. The number of carbonyl (C=O) groups is 2. The minimum atomic E-state index is -0.521. The first-order chi connectivity index (χ1) is 9.60. The Morgan fingerprint density at radius 3 is 2.80 bits per heavy atom. The summed E-state index contributed by atoms with van der Waals surface area (Å²) in [5.41, 5.74) is 1.47. The zero-order valence-corrected chi connectivity index (χ0v) is 12.4. The fourth-order valence-corrected chi connectivity index (χ4v) is 5.31. The van der Waals surface area contributed by atoms with Gasteiger partial charge in [-0.05, 0) is 51.0 Å². The van der Waals surface area contributed by atoms with Crippen molar-refractivity contribution in [3.8, 4) is 0 Å². The summed E-state index contributed by atoms with van der Waals surface area (Å²) < 4.78 is 0. The molecule has 1 aromatic rings. The molecule has 1 unspecified atom stereocenters. The average molecular weight is 290 g/mol. The van der Waals surface area contributed by atoms with Crippen molar-refractivity contribution in [1.82, 2.24) is 5.32 Å². The van der Waals surface area contributed by atoms with Gasteiger partial charge in [-0.2, -0.15) is 0 Å². The van der Waals surface area contributed by atoms with Crippen LogP contribution in [0.25, 0.3) is 0 Å². The van der Waals surface area contributed by atoms with Gasteiger partial charge in [-0.3, -0.25) is 14.5 Å². The van der Waals surface area contributed by atoms with E-state index in [0.29, 0.717) is 6.42 Å². The molecule has 2 amide bonds. The molecule has 1 fully saturated rings. The maximum Gasteiger partial charge on any atom is 0.256 e. The minimum absolute atomic E-state index is 0.0212. The number of nitrogens with one attached hydrogen (secondary N) is 1. The summed E-state index contributed by atoms with van der Waals surface area (Å²) in [5, 5.41) is 4.00. The van der Waals surface area contributed by atoms with Crippen LogP contribution in [0.2, 0.25) is 0 Å². The molecule has 3 aliphatic rings. The molecule has 0 spiro atoms. The van der Waals surface area contributed by atoms with Gasteiger partial charge < -0.3 is 5.32 Å². The monoisotopic (exact) mass is 290 g/mol. The number of fused-ring (bicyclic) bond motifs is 5. The summed E-state index contributed by atoms with van der Waals surface area (Å²) >= 11 is 1.67. The van der Waals surface area contributed by atoms with Crippen LogP contribution < -0.4 is 10.2 Å². The molecule has 0 radical (unpaired) electrons. The highest BCUT2D eigenvalue weighted by molar-refractivity contribution is 7.17. The van der Waals surface area contributed by atoms with Gasteiger partial charge >= 0.3 is 0 Å². The van der Waals surface area contributed by atoms with Crippen LogP contribution in [-0.4, -0.2) is 17.5 Å². The van der Waals surface area contributed by atoms with Crippen molar-refractivity contribution in [2.75, 3.05) is 4.90 Å². The molecule has 0 saturated carbocycles. The Labute approximate surface area is 122 Å². The number of rotatable bonds is 0. The first-order valence-electron chi connectivity index (χ1n) is 7.40. The van der Waals surface area contributed by atoms with Crippen LogP contribution in [-0.2, 0) is 17.6 Å². The molecule has 4 rings (SSSR count). The second-order valence-electron chi connectivity index (χ2n) is 6.20. The molecule has 2 aliphatic heterocycles. The van der Waals surface area contributed by atoms with Gasteiger partial charge in [-0.25, -0.2) is 0 Å². The Morgan fingerprint density at radius 2 is 1.95 bits per heavy atom. The Balaban J connectivity index is 1.92. The van der Waals surface area contributed by atoms with E-state index in [1.165, 1.54) is 16.9 Å². The van der Waals surface area contributed by atoms with Gasteiger partial charge in [-0.15, -0.1) is 11.3 Å². The molecule has 0 aromatic carbocycles. The molecule has 1 saturated heterocycles. The van der Waals surface area contributed by atoms with Crippen LogP contribution in [0.3, 0.4) is 0 Å². The highest BCUT2D eigenvalue weighted by Crippen LogP contribution is 2.46. The van der Waals surface area contributed by atoms with Gasteiger partial charge in [0, 0.05) is 11.3 Å². The van der Waals surface area contributed by atoms with E-state index in [0.717, 1.165) is 42.7 Å². The predicted octanol–water partition coefficient (Wildman–Crippen LogP) is 2.60. The molecule has 1 aromatic heterocycles. The van der Waals surface area contributed by atoms with Crippen molar-refractivity contribution in [3.63, 3.8) is 0 Å². The summed E-state index contributed by atoms with van der Waals surface area (Å²) in [6.45, 7) is 1.98. The molecule has 106 valence electrons.